The second-order valence-electron chi connectivity index (χ2n) is 5.67. The molecule has 0 unspecified atom stereocenters. The summed E-state index contributed by atoms with van der Waals surface area (Å²) in [5, 5.41) is 13.0. The van der Waals surface area contributed by atoms with Crippen LogP contribution < -0.4 is 0 Å². The minimum Gasteiger partial charge on any atom is -0.480 e. The second-order valence-corrected chi connectivity index (χ2v) is 5.67. The van der Waals surface area contributed by atoms with Crippen molar-refractivity contribution in [1.29, 1.82) is 0 Å². The highest BCUT2D eigenvalue weighted by atomic mass is 19.2. The van der Waals surface area contributed by atoms with E-state index in [9.17, 15) is 18.4 Å². The number of carboxylic acid groups (broad SMARTS) is 1. The Hall–Kier alpha value is -2.77. The average Bonchev–Trinajstić information content (AvgIpc) is 3.11. The Balaban J connectivity index is 2.07. The van der Waals surface area contributed by atoms with Gasteiger partial charge in [0.1, 0.15) is 12.2 Å². The molecule has 3 rings (SSSR count). The molecule has 0 radical (unpaired) electrons. The molecule has 0 atom stereocenters. The van der Waals surface area contributed by atoms with Crippen LogP contribution in [0.3, 0.4) is 0 Å². The second kappa shape index (κ2) is 6.03. The maximum Gasteiger partial charge on any atom is 0.323 e. The number of likely N-dealkylation sites (N-methyl/N-ethyl adjacent to an activating group) is 1. The van der Waals surface area contributed by atoms with Crippen molar-refractivity contribution >= 4 is 11.9 Å². The van der Waals surface area contributed by atoms with Gasteiger partial charge in [-0.1, -0.05) is 6.07 Å². The molecule has 0 bridgehead atoms. The Bertz CT molecular complexity index is 832. The van der Waals surface area contributed by atoms with Gasteiger partial charge in [-0.2, -0.15) is 5.10 Å². The van der Waals surface area contributed by atoms with E-state index in [-0.39, 0.29) is 11.4 Å². The summed E-state index contributed by atoms with van der Waals surface area (Å²) in [6.45, 7) is -0.463. The first-order valence-corrected chi connectivity index (χ1v) is 7.42. The fourth-order valence-corrected chi connectivity index (χ4v) is 2.92. The highest BCUT2D eigenvalue weighted by Gasteiger charge is 2.30. The molecule has 6 nitrogen and oxygen atoms in total. The topological polar surface area (TPSA) is 75.4 Å². The fourth-order valence-electron chi connectivity index (χ4n) is 2.92. The maximum atomic E-state index is 14.1. The third kappa shape index (κ3) is 2.64. The van der Waals surface area contributed by atoms with Gasteiger partial charge in [-0.15, -0.1) is 0 Å². The Morgan fingerprint density at radius 3 is 2.79 bits per heavy atom. The number of carbonyl (C=O) groups excluding carboxylic acids is 1. The molecule has 0 aliphatic heterocycles. The Morgan fingerprint density at radius 2 is 2.08 bits per heavy atom. The largest absolute Gasteiger partial charge is 0.480 e. The van der Waals surface area contributed by atoms with Crippen molar-refractivity contribution in [2.45, 2.75) is 19.3 Å². The van der Waals surface area contributed by atoms with Crippen molar-refractivity contribution in [1.82, 2.24) is 14.7 Å². The molecular weight excluding hydrogens is 320 g/mol. The van der Waals surface area contributed by atoms with Gasteiger partial charge in [-0.05, 0) is 31.4 Å². The van der Waals surface area contributed by atoms with E-state index in [1.807, 2.05) is 0 Å². The standard InChI is InChI=1S/C16H15F2N3O3/c1-20(8-13(22)23)16(24)15-9-4-2-6-11(9)21(19-15)12-7-3-5-10(17)14(12)18/h3,5,7H,2,4,6,8H2,1H3,(H,22,23). The Kier molecular flexibility index (Phi) is 4.04. The monoisotopic (exact) mass is 335 g/mol. The summed E-state index contributed by atoms with van der Waals surface area (Å²) in [4.78, 5) is 24.3. The molecule has 1 aliphatic carbocycles. The lowest BCUT2D eigenvalue weighted by atomic mass is 10.2. The van der Waals surface area contributed by atoms with E-state index in [0.717, 1.165) is 17.4 Å². The highest BCUT2D eigenvalue weighted by molar-refractivity contribution is 5.95. The highest BCUT2D eigenvalue weighted by Crippen LogP contribution is 2.29. The minimum atomic E-state index is -1.14. The molecule has 1 amide bonds. The molecule has 8 heteroatoms. The number of halogens is 2. The summed E-state index contributed by atoms with van der Waals surface area (Å²) in [7, 11) is 1.36. The molecule has 126 valence electrons. The van der Waals surface area contributed by atoms with Crippen molar-refractivity contribution in [2.75, 3.05) is 13.6 Å². The van der Waals surface area contributed by atoms with Gasteiger partial charge in [0, 0.05) is 18.3 Å². The SMILES string of the molecule is CN(CC(=O)O)C(=O)c1nn(-c2cccc(F)c2F)c2c1CCC2. The quantitative estimate of drug-likeness (QED) is 0.924. The van der Waals surface area contributed by atoms with Crippen LogP contribution in [0.4, 0.5) is 8.78 Å². The average molecular weight is 335 g/mol. The molecule has 1 N–H and O–H groups in total. The lowest BCUT2D eigenvalue weighted by Gasteiger charge is -2.13. The Morgan fingerprint density at radius 1 is 1.33 bits per heavy atom. The number of benzene rings is 1. The van der Waals surface area contributed by atoms with Crippen molar-refractivity contribution < 1.29 is 23.5 Å². The first kappa shape index (κ1) is 16.1. The molecular formula is C16H15F2N3O3. The van der Waals surface area contributed by atoms with Gasteiger partial charge in [0.25, 0.3) is 5.91 Å². The van der Waals surface area contributed by atoms with Crippen LogP contribution in [0.2, 0.25) is 0 Å². The van der Waals surface area contributed by atoms with E-state index in [2.05, 4.69) is 5.10 Å². The summed E-state index contributed by atoms with van der Waals surface area (Å²) in [6.07, 6.45) is 1.95. The van der Waals surface area contributed by atoms with Crippen LogP contribution in [0.15, 0.2) is 18.2 Å². The smallest absolute Gasteiger partial charge is 0.323 e. The Labute approximate surface area is 136 Å². The van der Waals surface area contributed by atoms with Crippen LogP contribution in [0.1, 0.15) is 28.2 Å². The van der Waals surface area contributed by atoms with Gasteiger partial charge >= 0.3 is 5.97 Å². The summed E-state index contributed by atoms with van der Waals surface area (Å²) in [6, 6.07) is 3.77. The first-order valence-electron chi connectivity index (χ1n) is 7.42. The number of carbonyl (C=O) groups is 2. The van der Waals surface area contributed by atoms with E-state index < -0.39 is 30.1 Å². The summed E-state index contributed by atoms with van der Waals surface area (Å²) >= 11 is 0. The van der Waals surface area contributed by atoms with Gasteiger partial charge in [-0.3, -0.25) is 9.59 Å². The third-order valence-electron chi connectivity index (χ3n) is 4.01. The predicted octanol–water partition coefficient (Wildman–Crippen LogP) is 1.80. The van der Waals surface area contributed by atoms with Crippen molar-refractivity contribution in [3.63, 3.8) is 0 Å². The molecule has 0 saturated heterocycles. The number of rotatable bonds is 4. The lowest BCUT2D eigenvalue weighted by Crippen LogP contribution is -2.32. The molecule has 0 fully saturated rings. The van der Waals surface area contributed by atoms with Crippen LogP contribution in [-0.2, 0) is 17.6 Å². The third-order valence-corrected chi connectivity index (χ3v) is 4.01. The molecule has 24 heavy (non-hydrogen) atoms. The number of amides is 1. The molecule has 1 aliphatic rings. The molecule has 1 aromatic heterocycles. The number of carboxylic acids is 1. The number of aromatic nitrogens is 2. The molecule has 0 spiro atoms. The summed E-state index contributed by atoms with van der Waals surface area (Å²) in [5.41, 5.74) is 1.36. The summed E-state index contributed by atoms with van der Waals surface area (Å²) in [5.74, 6) is -3.72. The molecule has 1 aromatic carbocycles. The van der Waals surface area contributed by atoms with Crippen LogP contribution >= 0.6 is 0 Å². The van der Waals surface area contributed by atoms with Crippen LogP contribution in [0.5, 0.6) is 0 Å². The van der Waals surface area contributed by atoms with Gasteiger partial charge < -0.3 is 10.0 Å². The predicted molar refractivity (Wildman–Crippen MR) is 80.1 cm³/mol. The number of fused-ring (bicyclic) bond motifs is 1. The molecule has 2 aromatic rings. The number of hydrogen-bond donors (Lipinski definition) is 1. The molecule has 1 heterocycles. The van der Waals surface area contributed by atoms with Crippen LogP contribution in [-0.4, -0.2) is 45.3 Å². The van der Waals surface area contributed by atoms with E-state index >= 15 is 0 Å². The fraction of sp³-hybridized carbons (Fsp3) is 0.312. The van der Waals surface area contributed by atoms with Gasteiger partial charge in [-0.25, -0.2) is 13.5 Å². The zero-order valence-corrected chi connectivity index (χ0v) is 12.9. The van der Waals surface area contributed by atoms with Gasteiger partial charge in [0.2, 0.25) is 0 Å². The van der Waals surface area contributed by atoms with E-state index in [0.29, 0.717) is 24.1 Å². The van der Waals surface area contributed by atoms with E-state index in [1.54, 1.807) is 0 Å². The maximum absolute atomic E-state index is 14.1. The van der Waals surface area contributed by atoms with Crippen molar-refractivity contribution in [3.8, 4) is 5.69 Å². The van der Waals surface area contributed by atoms with Gasteiger partial charge in [0.05, 0.1) is 0 Å². The van der Waals surface area contributed by atoms with Gasteiger partial charge in [0.15, 0.2) is 17.3 Å². The van der Waals surface area contributed by atoms with E-state index in [1.165, 1.54) is 23.9 Å². The number of hydrogen-bond acceptors (Lipinski definition) is 3. The lowest BCUT2D eigenvalue weighted by molar-refractivity contribution is -0.137. The zero-order chi connectivity index (χ0) is 17.4. The van der Waals surface area contributed by atoms with E-state index in [4.69, 9.17) is 5.11 Å². The minimum absolute atomic E-state index is 0.0620. The molecule has 0 saturated carbocycles. The first-order chi connectivity index (χ1) is 11.4. The van der Waals surface area contributed by atoms with Crippen LogP contribution in [0, 0.1) is 11.6 Å². The zero-order valence-electron chi connectivity index (χ0n) is 12.9. The number of aliphatic carboxylic acids is 1. The number of nitrogens with zero attached hydrogens (tertiary/aromatic N) is 3. The normalized spacial score (nSPS) is 13.0. The van der Waals surface area contributed by atoms with Crippen LogP contribution in [0.25, 0.3) is 5.69 Å². The summed E-state index contributed by atoms with van der Waals surface area (Å²) < 4.78 is 28.8. The van der Waals surface area contributed by atoms with Crippen molar-refractivity contribution in [2.24, 2.45) is 0 Å². The van der Waals surface area contributed by atoms with Crippen molar-refractivity contribution in [3.05, 3.63) is 46.8 Å².